The van der Waals surface area contributed by atoms with Gasteiger partial charge in [-0.1, -0.05) is 49.6 Å². The largest absolute Gasteiger partial charge is 0.496 e. The van der Waals surface area contributed by atoms with Gasteiger partial charge in [-0.2, -0.15) is 0 Å². The molecule has 1 aromatic rings. The molecule has 3 rings (SSSR count). The highest BCUT2D eigenvalue weighted by atomic mass is 16.5. The minimum atomic E-state index is 0.0663. The molecule has 0 aliphatic heterocycles. The summed E-state index contributed by atoms with van der Waals surface area (Å²) in [6.45, 7) is 2.74. The van der Waals surface area contributed by atoms with Gasteiger partial charge >= 0.3 is 0 Å². The predicted molar refractivity (Wildman–Crippen MR) is 99.3 cm³/mol. The number of benzene rings is 1. The third kappa shape index (κ3) is 3.28. The maximum absolute atomic E-state index is 5.72. The first-order chi connectivity index (χ1) is 11.8. The monoisotopic (exact) mass is 324 g/mol. The molecule has 0 N–H and O–H groups in total. The number of allylic oxidation sites excluding steroid dienone is 5. The van der Waals surface area contributed by atoms with Crippen LogP contribution in [0.1, 0.15) is 51.0 Å². The van der Waals surface area contributed by atoms with Gasteiger partial charge < -0.3 is 9.47 Å². The predicted octanol–water partition coefficient (Wildman–Crippen LogP) is 5.70. The maximum atomic E-state index is 5.72. The van der Waals surface area contributed by atoms with E-state index in [1.165, 1.54) is 43.2 Å². The number of hydrogen-bond donors (Lipinski definition) is 0. The molecule has 1 fully saturated rings. The molecule has 0 spiro atoms. The summed E-state index contributed by atoms with van der Waals surface area (Å²) < 4.78 is 11.4. The van der Waals surface area contributed by atoms with E-state index in [9.17, 15) is 0 Å². The van der Waals surface area contributed by atoms with Crippen LogP contribution in [-0.2, 0) is 10.2 Å². The normalized spacial score (nSPS) is 19.9. The number of ether oxygens (including phenoxy) is 2. The Kier molecular flexibility index (Phi) is 5.44. The van der Waals surface area contributed by atoms with Crippen LogP contribution in [0, 0.1) is 0 Å². The number of hydrogen-bond acceptors (Lipinski definition) is 2. The second-order valence-corrected chi connectivity index (χ2v) is 6.61. The maximum Gasteiger partial charge on any atom is 0.122 e. The van der Waals surface area contributed by atoms with Crippen molar-refractivity contribution in [1.29, 1.82) is 0 Å². The third-order valence-electron chi connectivity index (χ3n) is 5.28. The third-order valence-corrected chi connectivity index (χ3v) is 5.28. The summed E-state index contributed by atoms with van der Waals surface area (Å²) in [4.78, 5) is 0. The van der Waals surface area contributed by atoms with Crippen molar-refractivity contribution < 1.29 is 9.47 Å². The zero-order valence-corrected chi connectivity index (χ0v) is 14.9. The summed E-state index contributed by atoms with van der Waals surface area (Å²) in [5.41, 5.74) is 2.82. The molecule has 0 aromatic heterocycles. The zero-order valence-electron chi connectivity index (χ0n) is 14.9. The van der Waals surface area contributed by atoms with E-state index in [0.29, 0.717) is 6.61 Å². The highest BCUT2D eigenvalue weighted by Crippen LogP contribution is 2.49. The molecule has 24 heavy (non-hydrogen) atoms. The lowest BCUT2D eigenvalue weighted by atomic mass is 9.64. The molecule has 0 unspecified atom stereocenters. The van der Waals surface area contributed by atoms with Crippen molar-refractivity contribution in [2.45, 2.75) is 50.9 Å². The smallest absolute Gasteiger partial charge is 0.122 e. The first-order valence-electron chi connectivity index (χ1n) is 9.15. The Morgan fingerprint density at radius 2 is 1.79 bits per heavy atom. The Morgan fingerprint density at radius 3 is 2.54 bits per heavy atom. The minimum Gasteiger partial charge on any atom is -0.496 e. The van der Waals surface area contributed by atoms with E-state index in [2.05, 4.69) is 48.6 Å². The van der Waals surface area contributed by atoms with E-state index in [0.717, 1.165) is 17.9 Å². The van der Waals surface area contributed by atoms with Gasteiger partial charge in [0, 0.05) is 11.0 Å². The van der Waals surface area contributed by atoms with Gasteiger partial charge in [0.05, 0.1) is 13.7 Å². The molecule has 2 heteroatoms. The van der Waals surface area contributed by atoms with E-state index in [4.69, 9.17) is 9.47 Å². The Hall–Kier alpha value is -1.96. The van der Waals surface area contributed by atoms with Crippen LogP contribution in [0.4, 0.5) is 0 Å². The van der Waals surface area contributed by atoms with Crippen LogP contribution in [-0.4, -0.2) is 13.7 Å². The highest BCUT2D eigenvalue weighted by molar-refractivity contribution is 5.50. The zero-order chi connectivity index (χ0) is 16.8. The second kappa shape index (κ2) is 7.74. The summed E-state index contributed by atoms with van der Waals surface area (Å²) in [5, 5.41) is 0. The van der Waals surface area contributed by atoms with Gasteiger partial charge in [0.2, 0.25) is 0 Å². The van der Waals surface area contributed by atoms with E-state index in [1.54, 1.807) is 7.11 Å². The van der Waals surface area contributed by atoms with Gasteiger partial charge in [0.1, 0.15) is 11.5 Å². The summed E-state index contributed by atoms with van der Waals surface area (Å²) in [7, 11) is 1.78. The Balaban J connectivity index is 2.01. The summed E-state index contributed by atoms with van der Waals surface area (Å²) in [6, 6.07) is 8.54. The first-order valence-corrected chi connectivity index (χ1v) is 9.15. The summed E-state index contributed by atoms with van der Waals surface area (Å²) >= 11 is 0. The lowest BCUT2D eigenvalue weighted by molar-refractivity contribution is 0.241. The Labute approximate surface area is 145 Å². The molecule has 0 radical (unpaired) electrons. The van der Waals surface area contributed by atoms with Crippen LogP contribution in [0.3, 0.4) is 0 Å². The molecule has 0 amide bonds. The van der Waals surface area contributed by atoms with Crippen LogP contribution >= 0.6 is 0 Å². The molecule has 2 aliphatic carbocycles. The molecule has 0 heterocycles. The Morgan fingerprint density at radius 1 is 1.00 bits per heavy atom. The van der Waals surface area contributed by atoms with Crippen molar-refractivity contribution in [1.82, 2.24) is 0 Å². The molecule has 0 atom stereocenters. The highest BCUT2D eigenvalue weighted by Gasteiger charge is 2.38. The average Bonchev–Trinajstić information content (AvgIpc) is 2.89. The van der Waals surface area contributed by atoms with Crippen LogP contribution in [0.5, 0.6) is 5.75 Å². The topological polar surface area (TPSA) is 18.5 Å². The van der Waals surface area contributed by atoms with Gasteiger partial charge in [-0.05, 0) is 50.0 Å². The number of para-hydroxylation sites is 1. The second-order valence-electron chi connectivity index (χ2n) is 6.61. The molecule has 2 aliphatic rings. The van der Waals surface area contributed by atoms with E-state index in [1.807, 2.05) is 6.92 Å². The molecule has 2 nitrogen and oxygen atoms in total. The van der Waals surface area contributed by atoms with Gasteiger partial charge in [-0.25, -0.2) is 0 Å². The van der Waals surface area contributed by atoms with Crippen LogP contribution < -0.4 is 4.74 Å². The van der Waals surface area contributed by atoms with E-state index >= 15 is 0 Å². The van der Waals surface area contributed by atoms with Crippen LogP contribution in [0.2, 0.25) is 0 Å². The number of rotatable bonds is 5. The Bertz CT molecular complexity index is 646. The van der Waals surface area contributed by atoms with Crippen molar-refractivity contribution in [3.63, 3.8) is 0 Å². The van der Waals surface area contributed by atoms with Crippen molar-refractivity contribution in [2.24, 2.45) is 0 Å². The molecule has 1 saturated carbocycles. The molecular formula is C22H28O2. The fraction of sp³-hybridized carbons (Fsp3) is 0.455. The van der Waals surface area contributed by atoms with E-state index in [-0.39, 0.29) is 5.41 Å². The summed E-state index contributed by atoms with van der Waals surface area (Å²) in [6.07, 6.45) is 16.1. The fourth-order valence-corrected chi connectivity index (χ4v) is 4.15. The van der Waals surface area contributed by atoms with Gasteiger partial charge in [0.25, 0.3) is 0 Å². The van der Waals surface area contributed by atoms with Gasteiger partial charge in [0.15, 0.2) is 0 Å². The molecule has 1 aromatic carbocycles. The SMILES string of the molecule is CCOC1=CCC=C(C2(c3ccccc3OC)CCCCC2)C=C1. The molecule has 0 bridgehead atoms. The van der Waals surface area contributed by atoms with Crippen molar-refractivity contribution >= 4 is 0 Å². The average molecular weight is 324 g/mol. The lowest BCUT2D eigenvalue weighted by Crippen LogP contribution is -2.31. The van der Waals surface area contributed by atoms with Crippen LogP contribution in [0.15, 0.2) is 59.9 Å². The minimum absolute atomic E-state index is 0.0663. The fourth-order valence-electron chi connectivity index (χ4n) is 4.15. The molecule has 0 saturated heterocycles. The molecule has 128 valence electrons. The van der Waals surface area contributed by atoms with Gasteiger partial charge in [-0.15, -0.1) is 0 Å². The summed E-state index contributed by atoms with van der Waals surface area (Å²) in [5.74, 6) is 1.99. The first kappa shape index (κ1) is 16.9. The molecular weight excluding hydrogens is 296 g/mol. The van der Waals surface area contributed by atoms with Crippen LogP contribution in [0.25, 0.3) is 0 Å². The van der Waals surface area contributed by atoms with Crippen molar-refractivity contribution in [3.8, 4) is 5.75 Å². The number of methoxy groups -OCH3 is 1. The van der Waals surface area contributed by atoms with Crippen molar-refractivity contribution in [2.75, 3.05) is 13.7 Å². The van der Waals surface area contributed by atoms with Gasteiger partial charge in [-0.3, -0.25) is 0 Å². The van der Waals surface area contributed by atoms with E-state index < -0.39 is 0 Å². The quantitative estimate of drug-likeness (QED) is 0.691. The lowest BCUT2D eigenvalue weighted by Gasteiger charge is -2.40. The standard InChI is InChI=1S/C22H28O2/c1-3-24-19-11-9-10-18(14-15-19)22(16-7-4-8-17-22)20-12-5-6-13-21(20)23-2/h5-6,10-15H,3-4,7-9,16-17H2,1-2H3. The van der Waals surface area contributed by atoms with Crippen molar-refractivity contribution in [3.05, 3.63) is 65.5 Å².